The zero-order chi connectivity index (χ0) is 21.3. The SMILES string of the molecule is CN=C(NCCc1ccc(NC(C)=O)cc1)NCc1ccc(N2CCCC2=O)cc1.I. The van der Waals surface area contributed by atoms with Gasteiger partial charge in [-0.2, -0.15) is 0 Å². The maximum atomic E-state index is 11.8. The quantitative estimate of drug-likeness (QED) is 0.289. The first-order valence-corrected chi connectivity index (χ1v) is 10.3. The van der Waals surface area contributed by atoms with E-state index in [0.29, 0.717) is 13.0 Å². The minimum absolute atomic E-state index is 0. The maximum absolute atomic E-state index is 11.8. The first-order valence-electron chi connectivity index (χ1n) is 10.3. The van der Waals surface area contributed by atoms with Crippen LogP contribution in [0.1, 0.15) is 30.9 Å². The van der Waals surface area contributed by atoms with Crippen molar-refractivity contribution in [2.24, 2.45) is 4.99 Å². The van der Waals surface area contributed by atoms with Crippen molar-refractivity contribution in [3.05, 3.63) is 59.7 Å². The molecule has 0 bridgehead atoms. The number of nitrogens with zero attached hydrogens (tertiary/aromatic N) is 2. The zero-order valence-electron chi connectivity index (χ0n) is 18.0. The number of halogens is 1. The van der Waals surface area contributed by atoms with Gasteiger partial charge in [-0.05, 0) is 48.2 Å². The van der Waals surface area contributed by atoms with Gasteiger partial charge in [0, 0.05) is 51.4 Å². The Morgan fingerprint density at radius 3 is 2.29 bits per heavy atom. The predicted octanol–water partition coefficient (Wildman–Crippen LogP) is 3.30. The molecule has 2 aromatic carbocycles. The highest BCUT2D eigenvalue weighted by Gasteiger charge is 2.21. The van der Waals surface area contributed by atoms with Crippen LogP contribution < -0.4 is 20.9 Å². The van der Waals surface area contributed by atoms with Gasteiger partial charge in [0.05, 0.1) is 0 Å². The number of aliphatic imine (C=N–C) groups is 1. The summed E-state index contributed by atoms with van der Waals surface area (Å²) < 4.78 is 0. The number of benzene rings is 2. The van der Waals surface area contributed by atoms with Gasteiger partial charge in [-0.25, -0.2) is 0 Å². The summed E-state index contributed by atoms with van der Waals surface area (Å²) in [6.07, 6.45) is 2.42. The molecule has 1 aliphatic heterocycles. The number of guanidine groups is 1. The van der Waals surface area contributed by atoms with E-state index in [4.69, 9.17) is 0 Å². The van der Waals surface area contributed by atoms with E-state index >= 15 is 0 Å². The first kappa shape index (κ1) is 24.6. The topological polar surface area (TPSA) is 85.8 Å². The third-order valence-corrected chi connectivity index (χ3v) is 4.99. The lowest BCUT2D eigenvalue weighted by Gasteiger charge is -2.16. The smallest absolute Gasteiger partial charge is 0.227 e. The summed E-state index contributed by atoms with van der Waals surface area (Å²) in [5.41, 5.74) is 4.08. The standard InChI is InChI=1S/C23H29N5O2.HI/c1-17(29)27-20-9-5-18(6-10-20)13-14-25-23(24-2)26-16-19-7-11-21(12-8-19)28-15-3-4-22(28)30;/h5-12H,3-4,13-16H2,1-2H3,(H,27,29)(H2,24,25,26);1H. The molecule has 8 heteroatoms. The van der Waals surface area contributed by atoms with E-state index in [0.717, 1.165) is 48.8 Å². The molecule has 0 aromatic heterocycles. The molecule has 3 N–H and O–H groups in total. The molecule has 1 saturated heterocycles. The number of nitrogens with one attached hydrogen (secondary N) is 3. The number of carbonyl (C=O) groups excluding carboxylic acids is 2. The number of amides is 2. The molecule has 1 aliphatic rings. The average molecular weight is 535 g/mol. The van der Waals surface area contributed by atoms with Gasteiger partial charge in [0.2, 0.25) is 11.8 Å². The largest absolute Gasteiger partial charge is 0.356 e. The van der Waals surface area contributed by atoms with Crippen LogP contribution in [0.3, 0.4) is 0 Å². The maximum Gasteiger partial charge on any atom is 0.227 e. The van der Waals surface area contributed by atoms with Gasteiger partial charge in [-0.15, -0.1) is 24.0 Å². The van der Waals surface area contributed by atoms with Crippen LogP contribution in [0.2, 0.25) is 0 Å². The molecular formula is C23H30IN5O2. The minimum Gasteiger partial charge on any atom is -0.356 e. The highest BCUT2D eigenvalue weighted by molar-refractivity contribution is 14.0. The number of carbonyl (C=O) groups is 2. The molecule has 1 heterocycles. The molecule has 0 aliphatic carbocycles. The number of anilines is 2. The van der Waals surface area contributed by atoms with Crippen molar-refractivity contribution in [1.29, 1.82) is 0 Å². The molecule has 7 nitrogen and oxygen atoms in total. The van der Waals surface area contributed by atoms with Crippen LogP contribution in [0.5, 0.6) is 0 Å². The fourth-order valence-electron chi connectivity index (χ4n) is 3.40. The van der Waals surface area contributed by atoms with Crippen LogP contribution in [-0.2, 0) is 22.6 Å². The molecule has 0 unspecified atom stereocenters. The third kappa shape index (κ3) is 7.54. The fraction of sp³-hybridized carbons (Fsp3) is 0.348. The van der Waals surface area contributed by atoms with Crippen LogP contribution in [-0.4, -0.2) is 37.9 Å². The van der Waals surface area contributed by atoms with Crippen LogP contribution in [0.25, 0.3) is 0 Å². The van der Waals surface area contributed by atoms with Crippen molar-refractivity contribution >= 4 is 53.1 Å². The lowest BCUT2D eigenvalue weighted by atomic mass is 10.1. The summed E-state index contributed by atoms with van der Waals surface area (Å²) in [6, 6.07) is 15.9. The molecule has 166 valence electrons. The molecule has 3 rings (SSSR count). The summed E-state index contributed by atoms with van der Waals surface area (Å²) in [6.45, 7) is 3.71. The molecular weight excluding hydrogens is 505 g/mol. The Morgan fingerprint density at radius 1 is 1.03 bits per heavy atom. The molecule has 0 saturated carbocycles. The van der Waals surface area contributed by atoms with Crippen LogP contribution in [0, 0.1) is 0 Å². The zero-order valence-corrected chi connectivity index (χ0v) is 20.3. The Hall–Kier alpha value is -2.62. The Morgan fingerprint density at radius 2 is 1.71 bits per heavy atom. The summed E-state index contributed by atoms with van der Waals surface area (Å²) in [5, 5.41) is 9.39. The van der Waals surface area contributed by atoms with E-state index in [9.17, 15) is 9.59 Å². The average Bonchev–Trinajstić information content (AvgIpc) is 3.17. The monoisotopic (exact) mass is 535 g/mol. The third-order valence-electron chi connectivity index (χ3n) is 4.99. The van der Waals surface area contributed by atoms with Gasteiger partial charge in [0.15, 0.2) is 5.96 Å². The Kier molecular flexibility index (Phi) is 9.77. The van der Waals surface area contributed by atoms with E-state index < -0.39 is 0 Å². The molecule has 0 atom stereocenters. The van der Waals surface area contributed by atoms with Gasteiger partial charge in [0.1, 0.15) is 0 Å². The molecule has 31 heavy (non-hydrogen) atoms. The number of hydrogen-bond acceptors (Lipinski definition) is 3. The molecule has 0 radical (unpaired) electrons. The second-order valence-corrected chi connectivity index (χ2v) is 7.30. The molecule has 1 fully saturated rings. The van der Waals surface area contributed by atoms with Crippen molar-refractivity contribution < 1.29 is 9.59 Å². The van der Waals surface area contributed by atoms with Crippen molar-refractivity contribution in [1.82, 2.24) is 10.6 Å². The Labute approximate surface area is 200 Å². The van der Waals surface area contributed by atoms with E-state index in [1.165, 1.54) is 12.5 Å². The lowest BCUT2D eigenvalue weighted by molar-refractivity contribution is -0.117. The molecule has 0 spiro atoms. The van der Waals surface area contributed by atoms with Crippen molar-refractivity contribution in [3.8, 4) is 0 Å². The highest BCUT2D eigenvalue weighted by atomic mass is 127. The van der Waals surface area contributed by atoms with Gasteiger partial charge in [0.25, 0.3) is 0 Å². The van der Waals surface area contributed by atoms with Crippen LogP contribution in [0.15, 0.2) is 53.5 Å². The summed E-state index contributed by atoms with van der Waals surface area (Å²) in [7, 11) is 1.75. The Bertz CT molecular complexity index is 897. The van der Waals surface area contributed by atoms with E-state index in [1.54, 1.807) is 7.05 Å². The second kappa shape index (κ2) is 12.3. The van der Waals surface area contributed by atoms with Crippen molar-refractivity contribution in [2.45, 2.75) is 32.7 Å². The van der Waals surface area contributed by atoms with Gasteiger partial charge in [-0.3, -0.25) is 14.6 Å². The highest BCUT2D eigenvalue weighted by Crippen LogP contribution is 2.21. The van der Waals surface area contributed by atoms with Gasteiger partial charge < -0.3 is 20.9 Å². The minimum atomic E-state index is -0.0709. The van der Waals surface area contributed by atoms with E-state index in [1.807, 2.05) is 53.4 Å². The van der Waals surface area contributed by atoms with E-state index in [2.05, 4.69) is 20.9 Å². The Balaban J connectivity index is 0.00000341. The first-order chi connectivity index (χ1) is 14.5. The van der Waals surface area contributed by atoms with Gasteiger partial charge >= 0.3 is 0 Å². The number of hydrogen-bond donors (Lipinski definition) is 3. The van der Waals surface area contributed by atoms with Crippen LogP contribution >= 0.6 is 24.0 Å². The fourth-order valence-corrected chi connectivity index (χ4v) is 3.40. The van der Waals surface area contributed by atoms with Crippen molar-refractivity contribution in [3.63, 3.8) is 0 Å². The molecule has 2 amide bonds. The summed E-state index contributed by atoms with van der Waals surface area (Å²) in [4.78, 5) is 29.0. The van der Waals surface area contributed by atoms with Gasteiger partial charge in [-0.1, -0.05) is 24.3 Å². The van der Waals surface area contributed by atoms with E-state index in [-0.39, 0.29) is 35.8 Å². The predicted molar refractivity (Wildman–Crippen MR) is 136 cm³/mol. The summed E-state index contributed by atoms with van der Waals surface area (Å²) in [5.74, 6) is 0.873. The number of rotatable bonds is 7. The lowest BCUT2D eigenvalue weighted by Crippen LogP contribution is -2.37. The normalized spacial score (nSPS) is 13.5. The molecule has 2 aromatic rings. The second-order valence-electron chi connectivity index (χ2n) is 7.30. The van der Waals surface area contributed by atoms with Crippen LogP contribution in [0.4, 0.5) is 11.4 Å². The summed E-state index contributed by atoms with van der Waals surface area (Å²) >= 11 is 0. The van der Waals surface area contributed by atoms with Crippen molar-refractivity contribution in [2.75, 3.05) is 30.4 Å².